The van der Waals surface area contributed by atoms with Gasteiger partial charge in [0.05, 0.1) is 0 Å². The van der Waals surface area contributed by atoms with Gasteiger partial charge in [-0.2, -0.15) is 0 Å². The minimum absolute atomic E-state index is 0.0422. The van der Waals surface area contributed by atoms with E-state index < -0.39 is 0 Å². The third kappa shape index (κ3) is 7.15. The van der Waals surface area contributed by atoms with Gasteiger partial charge < -0.3 is 20.0 Å². The van der Waals surface area contributed by atoms with Gasteiger partial charge in [-0.05, 0) is 82.6 Å². The summed E-state index contributed by atoms with van der Waals surface area (Å²) in [4.78, 5) is 31.6. The first-order valence-electron chi connectivity index (χ1n) is 12.6. The first kappa shape index (κ1) is 24.9. The highest BCUT2D eigenvalue weighted by Crippen LogP contribution is 2.27. The summed E-state index contributed by atoms with van der Waals surface area (Å²) in [5.74, 6) is 0.724. The average Bonchev–Trinajstić information content (AvgIpc) is 3.49. The predicted molar refractivity (Wildman–Crippen MR) is 138 cm³/mol. The summed E-state index contributed by atoms with van der Waals surface area (Å²) in [6.45, 7) is 1.54. The summed E-state index contributed by atoms with van der Waals surface area (Å²) in [6, 6.07) is 15.7. The smallest absolute Gasteiger partial charge is 0.227 e. The second kappa shape index (κ2) is 12.0. The van der Waals surface area contributed by atoms with E-state index in [9.17, 15) is 9.59 Å². The fourth-order valence-electron chi connectivity index (χ4n) is 4.64. The van der Waals surface area contributed by atoms with E-state index in [0.717, 1.165) is 67.3 Å². The highest BCUT2D eigenvalue weighted by Gasteiger charge is 2.30. The van der Waals surface area contributed by atoms with Crippen molar-refractivity contribution in [1.82, 2.24) is 20.5 Å². The van der Waals surface area contributed by atoms with Crippen LogP contribution in [0.4, 0.5) is 0 Å². The Morgan fingerprint density at radius 1 is 1.03 bits per heavy atom. The van der Waals surface area contributed by atoms with Gasteiger partial charge in [0, 0.05) is 30.5 Å². The molecule has 2 amide bonds. The number of unbranched alkanes of at least 4 members (excludes halogenated alkanes) is 2. The molecule has 2 N–H and O–H groups in total. The second-order valence-corrected chi connectivity index (χ2v) is 9.79. The van der Waals surface area contributed by atoms with E-state index in [1.165, 1.54) is 0 Å². The van der Waals surface area contributed by atoms with Crippen LogP contribution in [0, 0.1) is 5.92 Å². The van der Waals surface area contributed by atoms with Gasteiger partial charge in [-0.15, -0.1) is 0 Å². The number of benzene rings is 2. The molecule has 0 bridgehead atoms. The summed E-state index contributed by atoms with van der Waals surface area (Å²) in [7, 11) is 4.13. The average molecular weight is 477 g/mol. The maximum absolute atomic E-state index is 12.7. The van der Waals surface area contributed by atoms with Gasteiger partial charge in [0.1, 0.15) is 5.52 Å². The standard InChI is InChI=1S/C28H36N4O3/c1-32(2)17-7-3-4-10-26(33)30-23-16-15-22(18-23)27(34)29-19-20-11-13-21(14-12-20)28-31-24-8-5-6-9-25(24)35-28/h5-6,8-9,11-14,22-23H,3-4,7,10,15-19H2,1-2H3,(H,29,34)(H,30,33)/t22-,23+/m1/s1. The summed E-state index contributed by atoms with van der Waals surface area (Å²) in [6.07, 6.45) is 6.07. The molecule has 2 atom stereocenters. The van der Waals surface area contributed by atoms with Crippen LogP contribution in [0.15, 0.2) is 52.9 Å². The number of hydrogen-bond acceptors (Lipinski definition) is 5. The summed E-state index contributed by atoms with van der Waals surface area (Å²) in [5, 5.41) is 6.18. The highest BCUT2D eigenvalue weighted by atomic mass is 16.3. The quantitative estimate of drug-likeness (QED) is 0.398. The number of oxazole rings is 1. The van der Waals surface area contributed by atoms with Crippen LogP contribution in [0.1, 0.15) is 50.5 Å². The number of carbonyl (C=O) groups is 2. The number of nitrogens with zero attached hydrogens (tertiary/aromatic N) is 2. The Hall–Kier alpha value is -3.19. The Morgan fingerprint density at radius 3 is 2.60 bits per heavy atom. The van der Waals surface area contributed by atoms with Crippen LogP contribution in [-0.4, -0.2) is 48.4 Å². The van der Waals surface area contributed by atoms with Crippen LogP contribution < -0.4 is 10.6 Å². The second-order valence-electron chi connectivity index (χ2n) is 9.79. The van der Waals surface area contributed by atoms with Gasteiger partial charge in [0.2, 0.25) is 17.7 Å². The number of fused-ring (bicyclic) bond motifs is 1. The molecule has 0 unspecified atom stereocenters. The van der Waals surface area contributed by atoms with E-state index in [2.05, 4.69) is 34.6 Å². The molecule has 186 valence electrons. The van der Waals surface area contributed by atoms with Crippen LogP contribution in [-0.2, 0) is 16.1 Å². The molecular weight excluding hydrogens is 440 g/mol. The fraction of sp³-hybridized carbons (Fsp3) is 0.464. The van der Waals surface area contributed by atoms with E-state index in [0.29, 0.717) is 18.9 Å². The van der Waals surface area contributed by atoms with E-state index >= 15 is 0 Å². The van der Waals surface area contributed by atoms with Crippen LogP contribution in [0.3, 0.4) is 0 Å². The zero-order chi connectivity index (χ0) is 24.6. The molecule has 1 heterocycles. The molecule has 1 saturated carbocycles. The Bertz CT molecular complexity index is 1090. The molecule has 4 rings (SSSR count). The van der Waals surface area contributed by atoms with Crippen molar-refractivity contribution < 1.29 is 14.0 Å². The van der Waals surface area contributed by atoms with Crippen LogP contribution in [0.2, 0.25) is 0 Å². The molecule has 0 aliphatic heterocycles. The van der Waals surface area contributed by atoms with Crippen molar-refractivity contribution in [3.05, 3.63) is 54.1 Å². The predicted octanol–water partition coefficient (Wildman–Crippen LogP) is 4.52. The molecule has 0 radical (unpaired) electrons. The monoisotopic (exact) mass is 476 g/mol. The van der Waals surface area contributed by atoms with Crippen LogP contribution in [0.25, 0.3) is 22.6 Å². The number of carbonyl (C=O) groups excluding carboxylic acids is 2. The number of amides is 2. The number of para-hydroxylation sites is 2. The summed E-state index contributed by atoms with van der Waals surface area (Å²) < 4.78 is 5.83. The molecule has 35 heavy (non-hydrogen) atoms. The first-order valence-corrected chi connectivity index (χ1v) is 12.6. The molecule has 1 aromatic heterocycles. The molecule has 1 fully saturated rings. The normalized spacial score (nSPS) is 17.7. The van der Waals surface area contributed by atoms with Gasteiger partial charge in [0.15, 0.2) is 5.58 Å². The van der Waals surface area contributed by atoms with Gasteiger partial charge in [-0.25, -0.2) is 4.98 Å². The molecule has 1 aliphatic rings. The topological polar surface area (TPSA) is 87.5 Å². The maximum Gasteiger partial charge on any atom is 0.227 e. The van der Waals surface area contributed by atoms with E-state index in [1.807, 2.05) is 48.5 Å². The fourth-order valence-corrected chi connectivity index (χ4v) is 4.64. The number of hydrogen-bond donors (Lipinski definition) is 2. The molecule has 0 spiro atoms. The zero-order valence-corrected chi connectivity index (χ0v) is 20.8. The molecule has 2 aromatic carbocycles. The van der Waals surface area contributed by atoms with E-state index in [-0.39, 0.29) is 23.8 Å². The van der Waals surface area contributed by atoms with Crippen molar-refractivity contribution in [3.8, 4) is 11.5 Å². The van der Waals surface area contributed by atoms with Crippen LogP contribution in [0.5, 0.6) is 0 Å². The molecule has 7 nitrogen and oxygen atoms in total. The van der Waals surface area contributed by atoms with Crippen molar-refractivity contribution in [3.63, 3.8) is 0 Å². The molecule has 7 heteroatoms. The minimum atomic E-state index is -0.0422. The van der Waals surface area contributed by atoms with Crippen molar-refractivity contribution >= 4 is 22.9 Å². The largest absolute Gasteiger partial charge is 0.436 e. The third-order valence-corrected chi connectivity index (χ3v) is 6.64. The molecular formula is C28H36N4O3. The van der Waals surface area contributed by atoms with Gasteiger partial charge in [-0.1, -0.05) is 30.7 Å². The highest BCUT2D eigenvalue weighted by molar-refractivity contribution is 5.80. The molecule has 3 aromatic rings. The van der Waals surface area contributed by atoms with Crippen LogP contribution >= 0.6 is 0 Å². The van der Waals surface area contributed by atoms with Crippen molar-refractivity contribution in [2.45, 2.75) is 57.5 Å². The molecule has 0 saturated heterocycles. The molecule has 1 aliphatic carbocycles. The van der Waals surface area contributed by atoms with E-state index in [1.54, 1.807) is 0 Å². The maximum atomic E-state index is 12.7. The van der Waals surface area contributed by atoms with Gasteiger partial charge >= 0.3 is 0 Å². The Morgan fingerprint density at radius 2 is 1.83 bits per heavy atom. The van der Waals surface area contributed by atoms with Gasteiger partial charge in [-0.3, -0.25) is 9.59 Å². The van der Waals surface area contributed by atoms with Gasteiger partial charge in [0.25, 0.3) is 0 Å². The first-order chi connectivity index (χ1) is 17.0. The van der Waals surface area contributed by atoms with Crippen molar-refractivity contribution in [2.24, 2.45) is 5.92 Å². The number of aromatic nitrogens is 1. The number of nitrogens with one attached hydrogen (secondary N) is 2. The number of rotatable bonds is 11. The lowest BCUT2D eigenvalue weighted by Gasteiger charge is -2.14. The Kier molecular flexibility index (Phi) is 8.53. The third-order valence-electron chi connectivity index (χ3n) is 6.64. The summed E-state index contributed by atoms with van der Waals surface area (Å²) in [5.41, 5.74) is 3.54. The van der Waals surface area contributed by atoms with E-state index in [4.69, 9.17) is 4.42 Å². The summed E-state index contributed by atoms with van der Waals surface area (Å²) >= 11 is 0. The zero-order valence-electron chi connectivity index (χ0n) is 20.8. The lowest BCUT2D eigenvalue weighted by Crippen LogP contribution is -2.34. The lowest BCUT2D eigenvalue weighted by atomic mass is 10.1. The van der Waals surface area contributed by atoms with Crippen molar-refractivity contribution in [1.29, 1.82) is 0 Å². The SMILES string of the molecule is CN(C)CCCCCC(=O)N[C@H]1CC[C@@H](C(=O)NCc2ccc(-c3nc4ccccc4o3)cc2)C1. The lowest BCUT2D eigenvalue weighted by molar-refractivity contribution is -0.125. The Labute approximate surface area is 207 Å². The van der Waals surface area contributed by atoms with Crippen molar-refractivity contribution in [2.75, 3.05) is 20.6 Å². The Balaban J connectivity index is 1.17. The minimum Gasteiger partial charge on any atom is -0.436 e.